The summed E-state index contributed by atoms with van der Waals surface area (Å²) in [6, 6.07) is 0. The van der Waals surface area contributed by atoms with Gasteiger partial charge in [-0.15, -0.1) is 0 Å². The highest BCUT2D eigenvalue weighted by Crippen LogP contribution is 2.43. The van der Waals surface area contributed by atoms with Crippen molar-refractivity contribution in [2.75, 3.05) is 54.1 Å². The van der Waals surface area contributed by atoms with E-state index in [2.05, 4.69) is 98.9 Å². The maximum absolute atomic E-state index is 12.7. The summed E-state index contributed by atoms with van der Waals surface area (Å²) in [7, 11) is 1.61. The van der Waals surface area contributed by atoms with Gasteiger partial charge in [0.2, 0.25) is 0 Å². The first-order valence-electron chi connectivity index (χ1n) is 21.3. The van der Waals surface area contributed by atoms with E-state index in [-0.39, 0.29) is 32.2 Å². The van der Waals surface area contributed by atoms with Crippen LogP contribution in [0.3, 0.4) is 0 Å². The van der Waals surface area contributed by atoms with Gasteiger partial charge in [0.05, 0.1) is 34.4 Å². The van der Waals surface area contributed by atoms with Gasteiger partial charge >= 0.3 is 13.8 Å². The van der Waals surface area contributed by atoms with Crippen LogP contribution in [0.5, 0.6) is 0 Å². The lowest BCUT2D eigenvalue weighted by molar-refractivity contribution is -0.870. The summed E-state index contributed by atoms with van der Waals surface area (Å²) >= 11 is 0. The summed E-state index contributed by atoms with van der Waals surface area (Å²) in [6.07, 6.45) is 50.5. The number of unbranched alkanes of at least 4 members (excludes halogenated alkanes) is 10. The molecule has 0 aliphatic heterocycles. The van der Waals surface area contributed by atoms with Gasteiger partial charge in [-0.25, -0.2) is 4.57 Å². The summed E-state index contributed by atoms with van der Waals surface area (Å²) in [5.74, 6) is -0.378. The quantitative estimate of drug-likeness (QED) is 0.0219. The average Bonchev–Trinajstić information content (AvgIpc) is 3.13. The van der Waals surface area contributed by atoms with Crippen LogP contribution in [0.2, 0.25) is 0 Å². The molecule has 0 radical (unpaired) electrons. The van der Waals surface area contributed by atoms with Crippen molar-refractivity contribution >= 4 is 13.8 Å². The molecular formula is C46H81NO7P+. The van der Waals surface area contributed by atoms with Gasteiger partial charge < -0.3 is 18.9 Å². The van der Waals surface area contributed by atoms with Crippen molar-refractivity contribution in [1.29, 1.82) is 0 Å². The second kappa shape index (κ2) is 38.5. The predicted molar refractivity (Wildman–Crippen MR) is 233 cm³/mol. The highest BCUT2D eigenvalue weighted by atomic mass is 31.2. The van der Waals surface area contributed by atoms with Crippen LogP contribution in [0.4, 0.5) is 0 Å². The Balaban J connectivity index is 4.40. The predicted octanol–water partition coefficient (Wildman–Crippen LogP) is 12.5. The van der Waals surface area contributed by atoms with Crippen LogP contribution >= 0.6 is 7.82 Å². The number of hydrogen-bond acceptors (Lipinski definition) is 6. The molecule has 316 valence electrons. The highest BCUT2D eigenvalue weighted by molar-refractivity contribution is 7.47. The van der Waals surface area contributed by atoms with Gasteiger partial charge in [0.15, 0.2) is 0 Å². The largest absolute Gasteiger partial charge is 0.472 e. The molecule has 2 unspecified atom stereocenters. The number of esters is 1. The third-order valence-electron chi connectivity index (χ3n) is 8.44. The van der Waals surface area contributed by atoms with Gasteiger partial charge in [-0.3, -0.25) is 13.8 Å². The van der Waals surface area contributed by atoms with Crippen molar-refractivity contribution in [2.45, 2.75) is 148 Å². The number of phosphoric acid groups is 1. The molecule has 0 heterocycles. The fourth-order valence-corrected chi connectivity index (χ4v) is 5.89. The zero-order chi connectivity index (χ0) is 40.6. The van der Waals surface area contributed by atoms with E-state index in [1.807, 2.05) is 21.1 Å². The monoisotopic (exact) mass is 791 g/mol. The minimum atomic E-state index is -4.30. The minimum Gasteiger partial charge on any atom is -0.457 e. The number of hydrogen-bond donors (Lipinski definition) is 1. The lowest BCUT2D eigenvalue weighted by Crippen LogP contribution is -2.37. The van der Waals surface area contributed by atoms with Crippen LogP contribution in [-0.2, 0) is 27.9 Å². The molecule has 0 fully saturated rings. The van der Waals surface area contributed by atoms with Gasteiger partial charge in [0.25, 0.3) is 0 Å². The summed E-state index contributed by atoms with van der Waals surface area (Å²) < 4.78 is 34.9. The number of ether oxygens (including phenoxy) is 2. The van der Waals surface area contributed by atoms with Gasteiger partial charge in [-0.1, -0.05) is 137 Å². The summed E-state index contributed by atoms with van der Waals surface area (Å²) in [6.45, 7) is 5.35. The fraction of sp³-hybridized carbons (Fsp3) is 0.674. The molecule has 9 heteroatoms. The Bertz CT molecular complexity index is 1150. The average molecular weight is 791 g/mol. The van der Waals surface area contributed by atoms with E-state index in [1.165, 1.54) is 44.9 Å². The van der Waals surface area contributed by atoms with Crippen molar-refractivity contribution in [3.05, 3.63) is 85.1 Å². The molecule has 55 heavy (non-hydrogen) atoms. The van der Waals surface area contributed by atoms with E-state index in [1.54, 1.807) is 0 Å². The normalized spacial score (nSPS) is 14.7. The Morgan fingerprint density at radius 3 is 1.58 bits per heavy atom. The van der Waals surface area contributed by atoms with Crippen LogP contribution < -0.4 is 0 Å². The standard InChI is InChI=1S/C46H80NO7P/c1-6-8-10-12-14-16-18-20-22-24-25-27-29-31-33-35-37-39-46(48)54-45(44-53-55(49,50)52-42-40-47(3,4)5)43-51-41-38-36-34-32-30-28-26-23-21-19-17-15-13-11-9-7-2/h8,10,14-17,20-23,25,27,31,33,45H,6-7,9,11-13,18-19,24,26,28-30,32,34-44H2,1-5H3/p+1/b10-8-,16-14-,17-15-,22-20-,23-21-,27-25-,33-31-. The smallest absolute Gasteiger partial charge is 0.457 e. The number of allylic oxidation sites excluding steroid dienone is 14. The minimum absolute atomic E-state index is 0.0710. The molecule has 0 spiro atoms. The topological polar surface area (TPSA) is 91.3 Å². The molecule has 0 aromatic rings. The second-order valence-corrected chi connectivity index (χ2v) is 16.4. The van der Waals surface area contributed by atoms with Gasteiger partial charge in [0, 0.05) is 13.0 Å². The first kappa shape index (κ1) is 52.7. The Morgan fingerprint density at radius 1 is 0.582 bits per heavy atom. The third-order valence-corrected chi connectivity index (χ3v) is 9.42. The Hall–Kier alpha value is -2.32. The molecular weight excluding hydrogens is 709 g/mol. The number of likely N-dealkylation sites (N-methyl/N-ethyl adjacent to an activating group) is 1. The fourth-order valence-electron chi connectivity index (χ4n) is 5.15. The lowest BCUT2D eigenvalue weighted by atomic mass is 10.1. The van der Waals surface area contributed by atoms with Crippen molar-refractivity contribution < 1.29 is 37.3 Å². The maximum atomic E-state index is 12.7. The van der Waals surface area contributed by atoms with E-state index < -0.39 is 13.9 Å². The third kappa shape index (κ3) is 42.7. The van der Waals surface area contributed by atoms with Crippen molar-refractivity contribution in [1.82, 2.24) is 0 Å². The molecule has 0 saturated carbocycles. The number of phosphoric ester groups is 1. The van der Waals surface area contributed by atoms with Gasteiger partial charge in [-0.05, 0) is 83.5 Å². The molecule has 8 nitrogen and oxygen atoms in total. The molecule has 0 aromatic carbocycles. The Labute approximate surface area is 337 Å². The lowest BCUT2D eigenvalue weighted by Gasteiger charge is -2.24. The first-order valence-corrected chi connectivity index (χ1v) is 22.8. The van der Waals surface area contributed by atoms with E-state index >= 15 is 0 Å². The zero-order valence-corrected chi connectivity index (χ0v) is 36.5. The molecule has 0 rings (SSSR count). The molecule has 0 aromatic heterocycles. The Kier molecular flexibility index (Phi) is 36.9. The van der Waals surface area contributed by atoms with Gasteiger partial charge in [0.1, 0.15) is 19.3 Å². The maximum Gasteiger partial charge on any atom is 0.472 e. The summed E-state index contributed by atoms with van der Waals surface area (Å²) in [5.41, 5.74) is 0. The summed E-state index contributed by atoms with van der Waals surface area (Å²) in [4.78, 5) is 22.8. The molecule has 2 atom stereocenters. The number of carbonyl (C=O) groups excluding carboxylic acids is 1. The molecule has 0 aliphatic rings. The van der Waals surface area contributed by atoms with E-state index in [9.17, 15) is 14.3 Å². The molecule has 1 N–H and O–H groups in total. The zero-order valence-electron chi connectivity index (χ0n) is 35.6. The van der Waals surface area contributed by atoms with Crippen LogP contribution in [0.15, 0.2) is 85.1 Å². The molecule has 0 amide bonds. The number of nitrogens with zero attached hydrogens (tertiary/aromatic N) is 1. The number of rotatable bonds is 38. The second-order valence-electron chi connectivity index (χ2n) is 15.0. The highest BCUT2D eigenvalue weighted by Gasteiger charge is 2.26. The van der Waals surface area contributed by atoms with Crippen LogP contribution in [0.1, 0.15) is 142 Å². The number of quaternary nitrogens is 1. The van der Waals surface area contributed by atoms with Crippen molar-refractivity contribution in [3.8, 4) is 0 Å². The molecule has 0 aliphatic carbocycles. The SMILES string of the molecule is CC/C=C\C/C=C\C/C=C\C/C=C\C/C=C\CCCC(=O)OC(COCCCCCCCC/C=C\C/C=C\CCCCC)COP(=O)(O)OCC[N+](C)(C)C. The Morgan fingerprint density at radius 2 is 1.05 bits per heavy atom. The van der Waals surface area contributed by atoms with Crippen LogP contribution in [-0.4, -0.2) is 75.6 Å². The summed E-state index contributed by atoms with van der Waals surface area (Å²) in [5, 5.41) is 0. The van der Waals surface area contributed by atoms with E-state index in [0.717, 1.165) is 70.6 Å². The van der Waals surface area contributed by atoms with Crippen molar-refractivity contribution in [2.24, 2.45) is 0 Å². The molecule has 0 bridgehead atoms. The van der Waals surface area contributed by atoms with E-state index in [4.69, 9.17) is 18.5 Å². The van der Waals surface area contributed by atoms with Gasteiger partial charge in [-0.2, -0.15) is 0 Å². The van der Waals surface area contributed by atoms with E-state index in [0.29, 0.717) is 24.1 Å². The van der Waals surface area contributed by atoms with Crippen LogP contribution in [0.25, 0.3) is 0 Å². The van der Waals surface area contributed by atoms with Crippen LogP contribution in [0, 0.1) is 0 Å². The number of carbonyl (C=O) groups is 1. The van der Waals surface area contributed by atoms with Crippen molar-refractivity contribution in [3.63, 3.8) is 0 Å². The first-order chi connectivity index (χ1) is 26.6. The molecule has 0 saturated heterocycles.